The Balaban J connectivity index is 1.54. The monoisotopic (exact) mass is 409 g/mol. The summed E-state index contributed by atoms with van der Waals surface area (Å²) in [6.45, 7) is 6.37. The van der Waals surface area contributed by atoms with Crippen molar-refractivity contribution in [2.75, 3.05) is 31.1 Å². The van der Waals surface area contributed by atoms with Crippen LogP contribution in [0.1, 0.15) is 24.0 Å². The van der Waals surface area contributed by atoms with E-state index in [-0.39, 0.29) is 0 Å². The van der Waals surface area contributed by atoms with E-state index in [2.05, 4.69) is 47.5 Å². The molecule has 5 heteroatoms. The highest BCUT2D eigenvalue weighted by Gasteiger charge is 2.34. The summed E-state index contributed by atoms with van der Waals surface area (Å²) < 4.78 is 0. The zero-order valence-electron chi connectivity index (χ0n) is 17.9. The molecule has 1 aromatic heterocycles. The van der Waals surface area contributed by atoms with Crippen LogP contribution in [0.5, 0.6) is 0 Å². The summed E-state index contributed by atoms with van der Waals surface area (Å²) in [5, 5.41) is 12.7. The van der Waals surface area contributed by atoms with E-state index in [1.165, 1.54) is 18.4 Å². The number of aromatic nitrogens is 2. The van der Waals surface area contributed by atoms with Gasteiger partial charge in [0.05, 0.1) is 17.3 Å². The molecular formula is C26H27N5. The van der Waals surface area contributed by atoms with Crippen LogP contribution in [0.4, 0.5) is 5.95 Å². The molecule has 0 radical (unpaired) electrons. The second-order valence-corrected chi connectivity index (χ2v) is 8.74. The molecule has 2 aliphatic rings. The largest absolute Gasteiger partial charge is 0.340 e. The van der Waals surface area contributed by atoms with E-state index < -0.39 is 0 Å². The SMILES string of the molecule is Cc1ccc(-c2cnc(N3CC4CCNCC[C@H]4C3)nc2-c2ccc(C#N)cc2)cc1. The van der Waals surface area contributed by atoms with Crippen LogP contribution in [0, 0.1) is 30.1 Å². The van der Waals surface area contributed by atoms with E-state index in [1.54, 1.807) is 0 Å². The van der Waals surface area contributed by atoms with Gasteiger partial charge < -0.3 is 10.2 Å². The lowest BCUT2D eigenvalue weighted by Gasteiger charge is -2.19. The predicted octanol–water partition coefficient (Wildman–Crippen LogP) is 4.43. The van der Waals surface area contributed by atoms with E-state index in [9.17, 15) is 5.26 Å². The van der Waals surface area contributed by atoms with Gasteiger partial charge in [-0.15, -0.1) is 0 Å². The highest BCUT2D eigenvalue weighted by Crippen LogP contribution is 2.35. The second kappa shape index (κ2) is 8.49. The lowest BCUT2D eigenvalue weighted by molar-refractivity contribution is 0.409. The van der Waals surface area contributed by atoms with Crippen molar-refractivity contribution >= 4 is 5.95 Å². The number of nitrogens with zero attached hydrogens (tertiary/aromatic N) is 4. The number of benzene rings is 2. The molecule has 3 aromatic rings. The van der Waals surface area contributed by atoms with E-state index in [0.29, 0.717) is 17.4 Å². The Bertz CT molecular complexity index is 1080. The predicted molar refractivity (Wildman–Crippen MR) is 124 cm³/mol. The number of aryl methyl sites for hydroxylation is 1. The van der Waals surface area contributed by atoms with Gasteiger partial charge in [0.2, 0.25) is 5.95 Å². The van der Waals surface area contributed by atoms with Crippen LogP contribution in [0.25, 0.3) is 22.4 Å². The molecule has 156 valence electrons. The van der Waals surface area contributed by atoms with Gasteiger partial charge in [-0.1, -0.05) is 42.0 Å². The fraction of sp³-hybridized carbons (Fsp3) is 0.346. The second-order valence-electron chi connectivity index (χ2n) is 8.74. The van der Waals surface area contributed by atoms with Gasteiger partial charge >= 0.3 is 0 Å². The first-order valence-electron chi connectivity index (χ1n) is 11.1. The number of nitriles is 1. The molecule has 5 nitrogen and oxygen atoms in total. The van der Waals surface area contributed by atoms with Crippen molar-refractivity contribution in [3.05, 3.63) is 65.9 Å². The maximum atomic E-state index is 9.18. The van der Waals surface area contributed by atoms with Crippen molar-refractivity contribution in [2.24, 2.45) is 11.8 Å². The molecule has 0 amide bonds. The van der Waals surface area contributed by atoms with Gasteiger partial charge in [0, 0.05) is 30.4 Å². The molecule has 0 saturated carbocycles. The third kappa shape index (κ3) is 4.04. The van der Waals surface area contributed by atoms with Crippen molar-refractivity contribution < 1.29 is 0 Å². The molecule has 1 N–H and O–H groups in total. The van der Waals surface area contributed by atoms with E-state index >= 15 is 0 Å². The summed E-state index contributed by atoms with van der Waals surface area (Å²) in [7, 11) is 0. The smallest absolute Gasteiger partial charge is 0.225 e. The van der Waals surface area contributed by atoms with Crippen LogP contribution in [-0.4, -0.2) is 36.1 Å². The summed E-state index contributed by atoms with van der Waals surface area (Å²) in [5.41, 5.74) is 5.94. The average Bonchev–Trinajstić information content (AvgIpc) is 3.09. The number of nitrogens with one attached hydrogen (secondary N) is 1. The fourth-order valence-electron chi connectivity index (χ4n) is 4.85. The molecule has 2 aromatic carbocycles. The van der Waals surface area contributed by atoms with Crippen LogP contribution < -0.4 is 10.2 Å². The molecule has 5 rings (SSSR count). The van der Waals surface area contributed by atoms with Crippen LogP contribution >= 0.6 is 0 Å². The van der Waals surface area contributed by atoms with Crippen molar-refractivity contribution in [3.63, 3.8) is 0 Å². The van der Waals surface area contributed by atoms with E-state index in [4.69, 9.17) is 9.97 Å². The highest BCUT2D eigenvalue weighted by atomic mass is 15.3. The van der Waals surface area contributed by atoms with Crippen molar-refractivity contribution in [1.29, 1.82) is 5.26 Å². The Morgan fingerprint density at radius 2 is 1.58 bits per heavy atom. The Labute approximate surface area is 183 Å². The Morgan fingerprint density at radius 1 is 0.935 bits per heavy atom. The molecule has 1 unspecified atom stereocenters. The molecule has 0 aliphatic carbocycles. The molecule has 3 heterocycles. The first kappa shape index (κ1) is 19.7. The van der Waals surface area contributed by atoms with Gasteiger partial charge in [0.1, 0.15) is 0 Å². The summed E-state index contributed by atoms with van der Waals surface area (Å²) >= 11 is 0. The number of hydrogen-bond acceptors (Lipinski definition) is 5. The molecule has 0 spiro atoms. The van der Waals surface area contributed by atoms with E-state index in [1.807, 2.05) is 30.5 Å². The molecule has 2 atom stereocenters. The lowest BCUT2D eigenvalue weighted by atomic mass is 9.92. The fourth-order valence-corrected chi connectivity index (χ4v) is 4.85. The molecular weight excluding hydrogens is 382 g/mol. The Hall–Kier alpha value is -3.23. The molecule has 0 bridgehead atoms. The average molecular weight is 410 g/mol. The Kier molecular flexibility index (Phi) is 5.40. The standard InChI is InChI=1S/C26H27N5/c1-18-2-6-20(7-3-18)24-15-29-26(30-25(24)21-8-4-19(14-27)5-9-21)31-16-22-10-12-28-13-11-23(22)17-31/h2-9,15,22-23,28H,10-13,16-17H2,1H3/t22-,23?/m0/s1. The van der Waals surface area contributed by atoms with Gasteiger partial charge in [0.15, 0.2) is 0 Å². The van der Waals surface area contributed by atoms with Gasteiger partial charge in [-0.3, -0.25) is 0 Å². The Morgan fingerprint density at radius 3 is 2.23 bits per heavy atom. The summed E-state index contributed by atoms with van der Waals surface area (Å²) in [6.07, 6.45) is 4.42. The van der Waals surface area contributed by atoms with Gasteiger partial charge in [0.25, 0.3) is 0 Å². The van der Waals surface area contributed by atoms with Crippen LogP contribution in [-0.2, 0) is 0 Å². The third-order valence-corrected chi connectivity index (χ3v) is 6.67. The van der Waals surface area contributed by atoms with E-state index in [0.717, 1.165) is 54.5 Å². The number of hydrogen-bond donors (Lipinski definition) is 1. The number of anilines is 1. The normalized spacial score (nSPS) is 20.7. The first-order valence-corrected chi connectivity index (χ1v) is 11.1. The van der Waals surface area contributed by atoms with Gasteiger partial charge in [-0.25, -0.2) is 9.97 Å². The molecule has 2 fully saturated rings. The summed E-state index contributed by atoms with van der Waals surface area (Å²) in [4.78, 5) is 12.3. The van der Waals surface area contributed by atoms with Crippen molar-refractivity contribution in [3.8, 4) is 28.5 Å². The van der Waals surface area contributed by atoms with Crippen LogP contribution in [0.2, 0.25) is 0 Å². The summed E-state index contributed by atoms with van der Waals surface area (Å²) in [6, 6.07) is 18.4. The molecule has 2 aliphatic heterocycles. The van der Waals surface area contributed by atoms with Gasteiger partial charge in [-0.2, -0.15) is 5.26 Å². The zero-order chi connectivity index (χ0) is 21.2. The minimum atomic E-state index is 0.656. The highest BCUT2D eigenvalue weighted by molar-refractivity contribution is 5.81. The first-order chi connectivity index (χ1) is 15.2. The minimum absolute atomic E-state index is 0.656. The quantitative estimate of drug-likeness (QED) is 0.693. The molecule has 31 heavy (non-hydrogen) atoms. The maximum Gasteiger partial charge on any atom is 0.225 e. The maximum absolute atomic E-state index is 9.18. The van der Waals surface area contributed by atoms with Crippen LogP contribution in [0.15, 0.2) is 54.7 Å². The zero-order valence-corrected chi connectivity index (χ0v) is 17.9. The van der Waals surface area contributed by atoms with Gasteiger partial charge in [-0.05, 0) is 62.4 Å². The number of fused-ring (bicyclic) bond motifs is 1. The van der Waals surface area contributed by atoms with Crippen LogP contribution in [0.3, 0.4) is 0 Å². The topological polar surface area (TPSA) is 64.8 Å². The van der Waals surface area contributed by atoms with Crippen molar-refractivity contribution in [1.82, 2.24) is 15.3 Å². The number of rotatable bonds is 3. The van der Waals surface area contributed by atoms with Crippen molar-refractivity contribution in [2.45, 2.75) is 19.8 Å². The molecule has 2 saturated heterocycles. The minimum Gasteiger partial charge on any atom is -0.340 e. The lowest BCUT2D eigenvalue weighted by Crippen LogP contribution is -2.25. The summed E-state index contributed by atoms with van der Waals surface area (Å²) in [5.74, 6) is 2.25. The third-order valence-electron chi connectivity index (χ3n) is 6.67.